The Morgan fingerprint density at radius 2 is 1.73 bits per heavy atom. The van der Waals surface area contributed by atoms with E-state index in [4.69, 9.17) is 38.9 Å². The van der Waals surface area contributed by atoms with E-state index in [1.165, 1.54) is 0 Å². The number of carbonyl (C=O) groups is 1. The van der Waals surface area contributed by atoms with Gasteiger partial charge in [0.05, 0.1) is 55.8 Å². The van der Waals surface area contributed by atoms with Gasteiger partial charge in [0.25, 0.3) is 0 Å². The summed E-state index contributed by atoms with van der Waals surface area (Å²) in [6.45, 7) is 22.0. The van der Waals surface area contributed by atoms with Crippen molar-refractivity contribution in [2.24, 2.45) is 35.3 Å². The monoisotopic (exact) mass is 804 g/mol. The summed E-state index contributed by atoms with van der Waals surface area (Å²) in [4.78, 5) is 18.2. The highest BCUT2D eigenvalue weighted by molar-refractivity contribution is 5.72. The second-order valence-electron chi connectivity index (χ2n) is 18.3. The molecular formula is C42H81N3O11. The Balaban J connectivity index is 1.97. The van der Waals surface area contributed by atoms with E-state index in [1.807, 2.05) is 74.5 Å². The molecule has 0 bridgehead atoms. The van der Waals surface area contributed by atoms with Crippen LogP contribution in [-0.2, 0) is 38.0 Å². The number of aliphatic hydroxyl groups is 3. The summed E-state index contributed by atoms with van der Waals surface area (Å²) in [5.74, 6) is -1.91. The molecule has 3 aliphatic heterocycles. The lowest BCUT2D eigenvalue weighted by molar-refractivity contribution is -0.300. The van der Waals surface area contributed by atoms with Gasteiger partial charge >= 0.3 is 5.97 Å². The molecule has 3 heterocycles. The number of esters is 1. The first-order valence-corrected chi connectivity index (χ1v) is 21.3. The highest BCUT2D eigenvalue weighted by atomic mass is 16.7. The Kier molecular flexibility index (Phi) is 19.4. The molecule has 14 nitrogen and oxygen atoms in total. The summed E-state index contributed by atoms with van der Waals surface area (Å²) in [7, 11) is 5.80. The predicted octanol–water partition coefficient (Wildman–Crippen LogP) is 3.41. The van der Waals surface area contributed by atoms with E-state index in [0.29, 0.717) is 52.0 Å². The Hall–Kier alpha value is -1.01. The van der Waals surface area contributed by atoms with Gasteiger partial charge in [-0.25, -0.2) is 0 Å². The van der Waals surface area contributed by atoms with Crippen LogP contribution in [0.3, 0.4) is 0 Å². The molecule has 0 amide bonds. The maximum Gasteiger partial charge on any atom is 0.309 e. The fourth-order valence-electron chi connectivity index (χ4n) is 8.87. The van der Waals surface area contributed by atoms with Crippen molar-refractivity contribution in [3.63, 3.8) is 0 Å². The number of epoxide rings is 1. The van der Waals surface area contributed by atoms with E-state index in [-0.39, 0.29) is 61.4 Å². The zero-order valence-corrected chi connectivity index (χ0v) is 37.0. The van der Waals surface area contributed by atoms with Crippen molar-refractivity contribution in [1.29, 1.82) is 0 Å². The number of nitrogens with two attached hydrogens (primary N) is 1. The topological polar surface area (TPSA) is 178 Å². The molecule has 3 saturated heterocycles. The van der Waals surface area contributed by atoms with Crippen LogP contribution in [0.1, 0.15) is 101 Å². The number of likely N-dealkylation sites (N-methyl/N-ethyl adjacent to an activating group) is 2. The fraction of sp³-hybridized carbons (Fsp3) is 0.976. The van der Waals surface area contributed by atoms with E-state index in [1.54, 1.807) is 6.92 Å². The molecule has 5 N–H and O–H groups in total. The van der Waals surface area contributed by atoms with Crippen molar-refractivity contribution in [2.45, 2.75) is 174 Å². The normalized spacial score (nSPS) is 34.6. The second-order valence-corrected chi connectivity index (χ2v) is 18.3. The minimum Gasteiger partial charge on any atom is -0.459 e. The quantitative estimate of drug-likeness (QED) is 0.0634. The average molecular weight is 804 g/mol. The molecule has 3 fully saturated rings. The van der Waals surface area contributed by atoms with Gasteiger partial charge in [0.1, 0.15) is 17.8 Å². The highest BCUT2D eigenvalue weighted by Gasteiger charge is 2.51. The van der Waals surface area contributed by atoms with Crippen LogP contribution in [0.4, 0.5) is 0 Å². The second kappa shape index (κ2) is 22.0. The summed E-state index contributed by atoms with van der Waals surface area (Å²) in [6.07, 6.45) is -1.43. The summed E-state index contributed by atoms with van der Waals surface area (Å²) in [6, 6.07) is -0.273. The zero-order chi connectivity index (χ0) is 42.1. The van der Waals surface area contributed by atoms with Crippen molar-refractivity contribution in [1.82, 2.24) is 9.80 Å². The minimum atomic E-state index is -1.44. The number of aliphatic hydroxyl groups excluding tert-OH is 2. The van der Waals surface area contributed by atoms with Gasteiger partial charge in [-0.2, -0.15) is 0 Å². The van der Waals surface area contributed by atoms with E-state index in [2.05, 4.69) is 18.7 Å². The Bertz CT molecular complexity index is 1150. The minimum absolute atomic E-state index is 0.00624. The maximum absolute atomic E-state index is 14.1. The molecule has 0 radical (unpaired) electrons. The van der Waals surface area contributed by atoms with Crippen LogP contribution in [0.2, 0.25) is 0 Å². The van der Waals surface area contributed by atoms with Gasteiger partial charge in [-0.15, -0.1) is 0 Å². The number of hydrogen-bond acceptors (Lipinski definition) is 14. The van der Waals surface area contributed by atoms with Gasteiger partial charge in [0.2, 0.25) is 0 Å². The fourth-order valence-corrected chi connectivity index (χ4v) is 8.87. The van der Waals surface area contributed by atoms with Crippen molar-refractivity contribution < 1.29 is 53.3 Å². The molecule has 3 rings (SSSR count). The van der Waals surface area contributed by atoms with Gasteiger partial charge in [-0.1, -0.05) is 34.6 Å². The zero-order valence-electron chi connectivity index (χ0n) is 37.0. The van der Waals surface area contributed by atoms with Gasteiger partial charge in [0, 0.05) is 37.6 Å². The van der Waals surface area contributed by atoms with Gasteiger partial charge in [0.15, 0.2) is 12.6 Å². The Labute approximate surface area is 338 Å². The number of hydrogen-bond donors (Lipinski definition) is 4. The largest absolute Gasteiger partial charge is 0.459 e. The Morgan fingerprint density at radius 3 is 2.29 bits per heavy atom. The number of carbonyl (C=O) groups excluding carboxylic acids is 1. The molecule has 14 heteroatoms. The smallest absolute Gasteiger partial charge is 0.309 e. The van der Waals surface area contributed by atoms with E-state index in [9.17, 15) is 20.1 Å². The number of nitrogens with zero attached hydrogens (tertiary/aromatic N) is 2. The van der Waals surface area contributed by atoms with Crippen molar-refractivity contribution in [3.8, 4) is 0 Å². The molecule has 0 saturated carbocycles. The molecule has 3 aliphatic rings. The van der Waals surface area contributed by atoms with E-state index >= 15 is 0 Å². The molecule has 0 aromatic carbocycles. The molecular weight excluding hydrogens is 722 g/mol. The van der Waals surface area contributed by atoms with Crippen molar-refractivity contribution in [3.05, 3.63) is 0 Å². The van der Waals surface area contributed by atoms with Crippen LogP contribution in [0.25, 0.3) is 0 Å². The predicted molar refractivity (Wildman–Crippen MR) is 215 cm³/mol. The van der Waals surface area contributed by atoms with Crippen LogP contribution < -0.4 is 5.73 Å². The lowest BCUT2D eigenvalue weighted by Crippen LogP contribution is -2.59. The van der Waals surface area contributed by atoms with Crippen LogP contribution in [0.15, 0.2) is 0 Å². The summed E-state index contributed by atoms with van der Waals surface area (Å²) in [5, 5.41) is 34.0. The molecule has 0 spiro atoms. The third kappa shape index (κ3) is 13.5. The number of ether oxygens (including phenoxy) is 7. The van der Waals surface area contributed by atoms with Crippen molar-refractivity contribution in [2.75, 3.05) is 60.7 Å². The molecule has 7 unspecified atom stereocenters. The molecule has 0 aliphatic carbocycles. The third-order valence-corrected chi connectivity index (χ3v) is 12.7. The Morgan fingerprint density at radius 1 is 1.07 bits per heavy atom. The third-order valence-electron chi connectivity index (χ3n) is 12.7. The SMILES string of the molecule is CC[C@@H](OC(=O)C(C)[C@@H](CO[C@H]1CC(C)[C@@H](OCCCN)C(C)O1)[C@H](C)[C@@H](OC1OC(C)CC(N(C)C)[C@H]1O)[C@](C)(O)C[C@@H](C)CN(C)C(C)CO)[C@]1(C)CO1. The maximum atomic E-state index is 14.1. The first kappa shape index (κ1) is 49.4. The summed E-state index contributed by atoms with van der Waals surface area (Å²) < 4.78 is 44.0. The summed E-state index contributed by atoms with van der Waals surface area (Å²) >= 11 is 0. The highest BCUT2D eigenvalue weighted by Crippen LogP contribution is 2.40. The number of rotatable bonds is 24. The lowest BCUT2D eigenvalue weighted by Gasteiger charge is -2.47. The molecule has 0 aromatic rings. The molecule has 0 aromatic heterocycles. The van der Waals surface area contributed by atoms with Crippen LogP contribution in [0.5, 0.6) is 0 Å². The van der Waals surface area contributed by atoms with Gasteiger partial charge in [-0.05, 0) is 106 Å². The van der Waals surface area contributed by atoms with E-state index < -0.39 is 59.8 Å². The van der Waals surface area contributed by atoms with Crippen LogP contribution in [-0.4, -0.2) is 164 Å². The van der Waals surface area contributed by atoms with Crippen molar-refractivity contribution >= 4 is 5.97 Å². The van der Waals surface area contributed by atoms with Gasteiger partial charge < -0.3 is 64.0 Å². The lowest BCUT2D eigenvalue weighted by atomic mass is 9.73. The first-order valence-electron chi connectivity index (χ1n) is 21.3. The molecule has 17 atom stereocenters. The average Bonchev–Trinajstić information content (AvgIpc) is 3.88. The molecule has 330 valence electrons. The van der Waals surface area contributed by atoms with Crippen LogP contribution in [0, 0.1) is 29.6 Å². The first-order chi connectivity index (χ1) is 26.2. The van der Waals surface area contributed by atoms with Crippen LogP contribution >= 0.6 is 0 Å². The summed E-state index contributed by atoms with van der Waals surface area (Å²) in [5.41, 5.74) is 3.74. The van der Waals surface area contributed by atoms with E-state index in [0.717, 1.165) is 6.42 Å². The molecule has 56 heavy (non-hydrogen) atoms. The van der Waals surface area contributed by atoms with Gasteiger partial charge in [-0.3, -0.25) is 4.79 Å². The standard InChI is InChI=1S/C42H81N3O11/c1-14-34(42(10)24-52-42)55-39(48)30(7)32(23-51-35-18-26(3)37(31(8)54-35)50-17-15-16-43)29(6)38(41(9,49)20-25(2)21-45(13)27(4)22-46)56-40-36(47)33(44(11)12)19-28(5)53-40/h25-38,40,46-47,49H,14-24,43H2,1-13H3/t25-,26?,27?,28?,29+,30?,31?,32+,33?,34-,35-,36-,37-,38-,40?,41-,42+/m1/s1.